The van der Waals surface area contributed by atoms with Gasteiger partial charge in [0, 0.05) is 23.2 Å². The highest BCUT2D eigenvalue weighted by atomic mass is 16.8. The fourth-order valence-electron chi connectivity index (χ4n) is 17.5. The Labute approximate surface area is 507 Å². The van der Waals surface area contributed by atoms with Gasteiger partial charge in [-0.3, -0.25) is 0 Å². The summed E-state index contributed by atoms with van der Waals surface area (Å²) < 4.78 is 54.5. The van der Waals surface area contributed by atoms with Crippen LogP contribution in [0.3, 0.4) is 0 Å². The van der Waals surface area contributed by atoms with E-state index in [0.29, 0.717) is 32.1 Å². The molecule has 34 atom stereocenters. The third-order valence-electron chi connectivity index (χ3n) is 23.0. The molecular weight excluding hydrogens is 1150 g/mol. The Balaban J connectivity index is 0.926. The van der Waals surface area contributed by atoms with Gasteiger partial charge in [0.05, 0.1) is 87.5 Å². The van der Waals surface area contributed by atoms with Crippen LogP contribution in [0.15, 0.2) is 11.6 Å². The van der Waals surface area contributed by atoms with Gasteiger partial charge in [0.25, 0.3) is 0 Å². The number of hydrogen-bond acceptors (Lipinski definition) is 27. The lowest BCUT2D eigenvalue weighted by Gasteiger charge is -2.67. The molecule has 18 N–H and O–H groups in total. The van der Waals surface area contributed by atoms with E-state index in [-0.39, 0.29) is 47.3 Å². The molecule has 4 unspecified atom stereocenters. The standard InChI is InChI=1S/C60H102O27/c1-24(26-15-16-58(6)34-12-10-27-28(60(34,8)35(66)18-59(26,58)7)11-14-36(56(27,2)3)85-53-49(77)45(73)41(69)32(22-64)83-53)9-13-37(57(4,5)78)86-55-51(46(74)42(70)33(84-55)23-79-52-48(76)44(72)40(68)31(21-63)82-52)87-54-47(75)43(71)38(30(20-62)81-54)50-39(67)29(65)17-25(19-61)80-50/h10,24-26,28-55,61-78H,9,11-23H2,1-8H3/t24-,25+,26?,28?,29+,30-,31-,32-,33-,34?,35-,36+,37-,38?,39-,40-,41-,42-,43+,44+,45+,46+,47-,48-,49-,50-,51-,52+,53+,54+,55+,58+,59-,60+/m1/s1. The van der Waals surface area contributed by atoms with Gasteiger partial charge in [-0.15, -0.1) is 0 Å². The molecule has 9 aliphatic rings. The Morgan fingerprint density at radius 2 is 1.15 bits per heavy atom. The molecule has 0 amide bonds. The van der Waals surface area contributed by atoms with Crippen LogP contribution >= 0.6 is 0 Å². The van der Waals surface area contributed by atoms with E-state index in [9.17, 15) is 91.9 Å². The monoisotopic (exact) mass is 1250 g/mol. The van der Waals surface area contributed by atoms with Crippen LogP contribution in [-0.4, -0.2) is 290 Å². The van der Waals surface area contributed by atoms with Crippen molar-refractivity contribution in [2.75, 3.05) is 33.0 Å². The maximum atomic E-state index is 12.8. The smallest absolute Gasteiger partial charge is 0.187 e. The molecule has 5 heterocycles. The molecule has 0 radical (unpaired) electrons. The number of aliphatic hydroxyl groups excluding tert-OH is 17. The topological polar surface area (TPSA) is 447 Å². The van der Waals surface area contributed by atoms with Crippen molar-refractivity contribution in [3.8, 4) is 0 Å². The van der Waals surface area contributed by atoms with E-state index in [0.717, 1.165) is 18.4 Å². The van der Waals surface area contributed by atoms with Gasteiger partial charge < -0.3 is 135 Å². The fraction of sp³-hybridized carbons (Fsp3) is 0.967. The summed E-state index contributed by atoms with van der Waals surface area (Å²) in [7, 11) is 0. The zero-order valence-corrected chi connectivity index (χ0v) is 51.1. The van der Waals surface area contributed by atoms with Crippen molar-refractivity contribution in [1.82, 2.24) is 0 Å². The van der Waals surface area contributed by atoms with Crippen LogP contribution in [0.4, 0.5) is 0 Å². The lowest BCUT2D eigenvalue weighted by atomic mass is 9.38. The van der Waals surface area contributed by atoms with Crippen molar-refractivity contribution in [2.45, 2.75) is 278 Å². The Kier molecular flexibility index (Phi) is 21.6. The van der Waals surface area contributed by atoms with Crippen molar-refractivity contribution in [1.29, 1.82) is 0 Å². The van der Waals surface area contributed by atoms with Crippen LogP contribution in [0.2, 0.25) is 0 Å². The molecule has 9 rings (SSSR count). The highest BCUT2D eigenvalue weighted by molar-refractivity contribution is 5.32. The second kappa shape index (κ2) is 26.8. The van der Waals surface area contributed by atoms with Crippen LogP contribution < -0.4 is 0 Å². The average Bonchev–Trinajstić information content (AvgIpc) is 1.67. The molecule has 8 fully saturated rings. The van der Waals surface area contributed by atoms with Gasteiger partial charge in [-0.2, -0.15) is 0 Å². The van der Waals surface area contributed by atoms with Gasteiger partial charge >= 0.3 is 0 Å². The van der Waals surface area contributed by atoms with Gasteiger partial charge in [-0.1, -0.05) is 53.2 Å². The summed E-state index contributed by atoms with van der Waals surface area (Å²) in [5, 5.41) is 197. The average molecular weight is 1260 g/mol. The lowest BCUT2D eigenvalue weighted by molar-refractivity contribution is -0.382. The Hall–Kier alpha value is -1.34. The van der Waals surface area contributed by atoms with Crippen LogP contribution in [0.5, 0.6) is 0 Å². The van der Waals surface area contributed by atoms with E-state index in [1.54, 1.807) is 0 Å². The minimum absolute atomic E-state index is 0.0153. The van der Waals surface area contributed by atoms with Crippen molar-refractivity contribution >= 4 is 0 Å². The third-order valence-corrected chi connectivity index (χ3v) is 23.0. The SMILES string of the molecule is C[C@H](CC[C@@H](O[C@@H]1O[C@H](CO[C@H]2O[C@H](CO)[C@@H](O)[C@H](O)[C@H]2O)[C@@H](O)[C@H](O)[C@H]1O[C@@H]1O[C@H](CO)C([C@H]2O[C@H](CO)C[C@H](O)[C@H]2O)[C@H](O)[C@H]1O)C(C)(C)O)C1CC[C@@]2(C)C3CC=C4C(CC[C@H](O[C@@H]5O[C@H](CO)[C@@H](O)[C@H](O)[C@H]5O)C4(C)C)[C@]3(C)[C@H](O)C[C@]12C. The molecule has 27 nitrogen and oxygen atoms in total. The zero-order valence-electron chi connectivity index (χ0n) is 51.1. The summed E-state index contributed by atoms with van der Waals surface area (Å²) in [6.45, 7) is 12.7. The molecular formula is C60H102O27. The van der Waals surface area contributed by atoms with Crippen molar-refractivity contribution < 1.29 is 135 Å². The maximum Gasteiger partial charge on any atom is 0.187 e. The lowest BCUT2D eigenvalue weighted by Crippen LogP contribution is -2.67. The Bertz CT molecular complexity index is 2290. The molecule has 27 heteroatoms. The number of hydrogen-bond donors (Lipinski definition) is 18. The molecule has 0 bridgehead atoms. The van der Waals surface area contributed by atoms with Crippen LogP contribution in [0.25, 0.3) is 0 Å². The molecule has 504 valence electrons. The quantitative estimate of drug-likeness (QED) is 0.0547. The molecule has 5 saturated heterocycles. The molecule has 0 aromatic carbocycles. The molecule has 3 saturated carbocycles. The normalized spacial score (nSPS) is 51.8. The zero-order chi connectivity index (χ0) is 63.9. The van der Waals surface area contributed by atoms with Gasteiger partial charge in [-0.25, -0.2) is 0 Å². The second-order valence-electron chi connectivity index (χ2n) is 28.7. The Morgan fingerprint density at radius 3 is 1.76 bits per heavy atom. The summed E-state index contributed by atoms with van der Waals surface area (Å²) in [5.41, 5.74) is -2.25. The molecule has 4 aliphatic carbocycles. The largest absolute Gasteiger partial charge is 0.394 e. The summed E-state index contributed by atoms with van der Waals surface area (Å²) >= 11 is 0. The van der Waals surface area contributed by atoms with Crippen molar-refractivity contribution in [2.24, 2.45) is 51.2 Å². The van der Waals surface area contributed by atoms with Crippen LogP contribution in [0.1, 0.15) is 113 Å². The highest BCUT2D eigenvalue weighted by Gasteiger charge is 2.71. The minimum atomic E-state index is -2.03. The summed E-state index contributed by atoms with van der Waals surface area (Å²) in [5.74, 6) is -1.31. The van der Waals surface area contributed by atoms with Gasteiger partial charge in [0.1, 0.15) is 85.5 Å². The van der Waals surface area contributed by atoms with Gasteiger partial charge in [0.2, 0.25) is 0 Å². The Morgan fingerprint density at radius 1 is 0.586 bits per heavy atom. The first-order chi connectivity index (χ1) is 40.7. The summed E-state index contributed by atoms with van der Waals surface area (Å²) in [6, 6.07) is 0. The van der Waals surface area contributed by atoms with E-state index in [1.807, 2.05) is 0 Å². The predicted molar refractivity (Wildman–Crippen MR) is 297 cm³/mol. The van der Waals surface area contributed by atoms with Gasteiger partial charge in [0.15, 0.2) is 25.2 Å². The fourth-order valence-corrected chi connectivity index (χ4v) is 17.5. The highest BCUT2D eigenvalue weighted by Crippen LogP contribution is 2.75. The molecule has 0 aromatic rings. The first-order valence-electron chi connectivity index (χ1n) is 31.3. The number of rotatable bonds is 19. The van der Waals surface area contributed by atoms with E-state index >= 15 is 0 Å². The van der Waals surface area contributed by atoms with E-state index in [4.69, 9.17) is 42.6 Å². The van der Waals surface area contributed by atoms with Crippen molar-refractivity contribution in [3.05, 3.63) is 11.6 Å². The van der Waals surface area contributed by atoms with Crippen LogP contribution in [0, 0.1) is 51.2 Å². The maximum absolute atomic E-state index is 12.8. The molecule has 0 aromatic heterocycles. The van der Waals surface area contributed by atoms with E-state index in [2.05, 4.69) is 47.6 Å². The summed E-state index contributed by atoms with van der Waals surface area (Å²) in [4.78, 5) is 0. The van der Waals surface area contributed by atoms with E-state index < -0.39 is 215 Å². The number of allylic oxidation sites excluding steroid dienone is 1. The van der Waals surface area contributed by atoms with Gasteiger partial charge in [-0.05, 0) is 99.7 Å². The summed E-state index contributed by atoms with van der Waals surface area (Å²) in [6.07, 6.45) is -32.8. The first-order valence-corrected chi connectivity index (χ1v) is 31.3. The third kappa shape index (κ3) is 12.6. The minimum Gasteiger partial charge on any atom is -0.394 e. The second-order valence-corrected chi connectivity index (χ2v) is 28.7. The predicted octanol–water partition coefficient (Wildman–Crippen LogP) is -4.10. The number of aliphatic hydroxyl groups is 18. The van der Waals surface area contributed by atoms with Crippen LogP contribution in [-0.2, 0) is 42.6 Å². The van der Waals surface area contributed by atoms with E-state index in [1.165, 1.54) is 13.8 Å². The number of fused-ring (bicyclic) bond motifs is 5. The molecule has 87 heavy (non-hydrogen) atoms. The molecule has 0 spiro atoms. The first kappa shape index (κ1) is 70.0. The van der Waals surface area contributed by atoms with Crippen molar-refractivity contribution in [3.63, 3.8) is 0 Å². The number of ether oxygens (including phenoxy) is 9. The molecule has 5 aliphatic heterocycles.